The van der Waals surface area contributed by atoms with Crippen LogP contribution in [0.5, 0.6) is 0 Å². The van der Waals surface area contributed by atoms with E-state index in [0.29, 0.717) is 22.5 Å². The van der Waals surface area contributed by atoms with Gasteiger partial charge >= 0.3 is 0 Å². The normalized spacial score (nSPS) is 17.1. The number of hydrogen-bond acceptors (Lipinski definition) is 4. The van der Waals surface area contributed by atoms with E-state index in [1.165, 1.54) is 12.1 Å². The van der Waals surface area contributed by atoms with Crippen LogP contribution in [-0.2, 0) is 0 Å². The zero-order valence-corrected chi connectivity index (χ0v) is 15.1. The molecule has 2 heterocycles. The molecule has 1 saturated heterocycles. The molecule has 5 nitrogen and oxygen atoms in total. The van der Waals surface area contributed by atoms with Crippen molar-refractivity contribution in [2.75, 3.05) is 6.54 Å². The number of rotatable bonds is 3. The lowest BCUT2D eigenvalue weighted by atomic mass is 10.00. The summed E-state index contributed by atoms with van der Waals surface area (Å²) in [5.74, 6) is 0.301. The van der Waals surface area contributed by atoms with Crippen molar-refractivity contribution in [3.8, 4) is 22.8 Å². The maximum absolute atomic E-state index is 13.1. The molecule has 6 heteroatoms. The second kappa shape index (κ2) is 7.31. The first-order valence-electron chi connectivity index (χ1n) is 9.13. The molecular weight excluding hydrogens is 345 g/mol. The van der Waals surface area contributed by atoms with E-state index in [1.54, 1.807) is 18.2 Å². The number of nitrogens with zero attached hydrogens (tertiary/aromatic N) is 3. The number of carbonyl (C=O) groups excluding carboxylic acids is 1. The summed E-state index contributed by atoms with van der Waals surface area (Å²) in [5, 5.41) is 3.99. The van der Waals surface area contributed by atoms with Crippen molar-refractivity contribution in [1.29, 1.82) is 0 Å². The van der Waals surface area contributed by atoms with Gasteiger partial charge in [0.1, 0.15) is 5.82 Å². The predicted octanol–water partition coefficient (Wildman–Crippen LogP) is 4.56. The van der Waals surface area contributed by atoms with Crippen LogP contribution in [0.1, 0.15) is 36.5 Å². The fourth-order valence-electron chi connectivity index (χ4n) is 3.46. The van der Waals surface area contributed by atoms with Crippen LogP contribution in [0.3, 0.4) is 0 Å². The third-order valence-electron chi connectivity index (χ3n) is 4.98. The van der Waals surface area contributed by atoms with Gasteiger partial charge in [0.2, 0.25) is 5.82 Å². The topological polar surface area (TPSA) is 59.2 Å². The summed E-state index contributed by atoms with van der Waals surface area (Å²) in [6.45, 7) is 2.85. The van der Waals surface area contributed by atoms with Gasteiger partial charge in [-0.3, -0.25) is 4.79 Å². The number of hydrogen-bond donors (Lipinski definition) is 0. The minimum atomic E-state index is -0.325. The van der Waals surface area contributed by atoms with Crippen LogP contribution >= 0.6 is 0 Å². The van der Waals surface area contributed by atoms with Crippen molar-refractivity contribution >= 4 is 5.91 Å². The number of benzene rings is 2. The van der Waals surface area contributed by atoms with Crippen molar-refractivity contribution in [3.63, 3.8) is 0 Å². The molecule has 2 aromatic carbocycles. The third kappa shape index (κ3) is 3.47. The summed E-state index contributed by atoms with van der Waals surface area (Å²) in [4.78, 5) is 19.4. The van der Waals surface area contributed by atoms with E-state index in [1.807, 2.05) is 23.1 Å². The Balaban J connectivity index is 1.67. The molecule has 3 aromatic rings. The SMILES string of the molecule is C[C@@H]1CCCCN1C(=O)c1ccccc1-c1nc(-c2ccc(F)cc2)no1. The second-order valence-corrected chi connectivity index (χ2v) is 6.82. The lowest BCUT2D eigenvalue weighted by Crippen LogP contribution is -2.42. The van der Waals surface area contributed by atoms with Gasteiger partial charge in [0.25, 0.3) is 11.8 Å². The summed E-state index contributed by atoms with van der Waals surface area (Å²) in [5.41, 5.74) is 1.82. The summed E-state index contributed by atoms with van der Waals surface area (Å²) in [6, 6.07) is 13.4. The minimum Gasteiger partial charge on any atom is -0.336 e. The van der Waals surface area contributed by atoms with Crippen LogP contribution in [0.15, 0.2) is 53.1 Å². The standard InChI is InChI=1S/C21H20FN3O2/c1-14-6-4-5-13-25(14)21(26)18-8-3-2-7-17(18)20-23-19(24-27-20)15-9-11-16(22)12-10-15/h2-3,7-12,14H,4-6,13H2,1H3/t14-/m1/s1. The van der Waals surface area contributed by atoms with Gasteiger partial charge in [-0.1, -0.05) is 17.3 Å². The van der Waals surface area contributed by atoms with Gasteiger partial charge in [0, 0.05) is 18.2 Å². The summed E-state index contributed by atoms with van der Waals surface area (Å²) < 4.78 is 18.5. The third-order valence-corrected chi connectivity index (χ3v) is 4.98. The number of likely N-dealkylation sites (tertiary alicyclic amines) is 1. The van der Waals surface area contributed by atoms with Crippen LogP contribution < -0.4 is 0 Å². The Hall–Kier alpha value is -3.02. The molecule has 0 unspecified atom stereocenters. The smallest absolute Gasteiger partial charge is 0.259 e. The van der Waals surface area contributed by atoms with E-state index in [-0.39, 0.29) is 23.7 Å². The lowest BCUT2D eigenvalue weighted by molar-refractivity contribution is 0.0636. The molecule has 0 N–H and O–H groups in total. The fourth-order valence-corrected chi connectivity index (χ4v) is 3.46. The predicted molar refractivity (Wildman–Crippen MR) is 99.5 cm³/mol. The highest BCUT2D eigenvalue weighted by atomic mass is 19.1. The molecule has 1 fully saturated rings. The zero-order valence-electron chi connectivity index (χ0n) is 15.1. The van der Waals surface area contributed by atoms with Gasteiger partial charge in [0.15, 0.2) is 0 Å². The molecule has 0 saturated carbocycles. The number of carbonyl (C=O) groups is 1. The molecule has 27 heavy (non-hydrogen) atoms. The van der Waals surface area contributed by atoms with Crippen LogP contribution in [0.2, 0.25) is 0 Å². The Morgan fingerprint density at radius 2 is 1.93 bits per heavy atom. The molecule has 4 rings (SSSR count). The van der Waals surface area contributed by atoms with Gasteiger partial charge in [0.05, 0.1) is 11.1 Å². The Bertz CT molecular complexity index is 952. The average Bonchev–Trinajstić information content (AvgIpc) is 3.18. The summed E-state index contributed by atoms with van der Waals surface area (Å²) in [7, 11) is 0. The molecule has 1 aliphatic rings. The monoisotopic (exact) mass is 365 g/mol. The van der Waals surface area contributed by atoms with Gasteiger partial charge in [-0.15, -0.1) is 0 Å². The van der Waals surface area contributed by atoms with Gasteiger partial charge in [-0.05, 0) is 62.6 Å². The Labute approximate surface area is 156 Å². The molecule has 1 aliphatic heterocycles. The quantitative estimate of drug-likeness (QED) is 0.683. The van der Waals surface area contributed by atoms with E-state index in [0.717, 1.165) is 25.8 Å². The van der Waals surface area contributed by atoms with Crippen molar-refractivity contribution in [1.82, 2.24) is 15.0 Å². The van der Waals surface area contributed by atoms with Crippen LogP contribution in [0, 0.1) is 5.82 Å². The Morgan fingerprint density at radius 3 is 2.70 bits per heavy atom. The highest BCUT2D eigenvalue weighted by Gasteiger charge is 2.27. The molecule has 1 amide bonds. The van der Waals surface area contributed by atoms with Gasteiger partial charge < -0.3 is 9.42 Å². The highest BCUT2D eigenvalue weighted by Crippen LogP contribution is 2.28. The van der Waals surface area contributed by atoms with E-state index in [4.69, 9.17) is 4.52 Å². The largest absolute Gasteiger partial charge is 0.336 e. The highest BCUT2D eigenvalue weighted by molar-refractivity contribution is 6.00. The van der Waals surface area contributed by atoms with Crippen molar-refractivity contribution in [2.24, 2.45) is 0 Å². The molecule has 1 atom stereocenters. The molecule has 0 spiro atoms. The van der Waals surface area contributed by atoms with Crippen LogP contribution in [0.25, 0.3) is 22.8 Å². The van der Waals surface area contributed by atoms with Crippen molar-refractivity contribution in [3.05, 3.63) is 59.9 Å². The number of amides is 1. The average molecular weight is 365 g/mol. The fraction of sp³-hybridized carbons (Fsp3) is 0.286. The van der Waals surface area contributed by atoms with E-state index < -0.39 is 0 Å². The maximum Gasteiger partial charge on any atom is 0.259 e. The molecule has 0 aliphatic carbocycles. The number of aromatic nitrogens is 2. The van der Waals surface area contributed by atoms with E-state index >= 15 is 0 Å². The first-order valence-corrected chi connectivity index (χ1v) is 9.13. The second-order valence-electron chi connectivity index (χ2n) is 6.82. The Kier molecular flexibility index (Phi) is 4.71. The van der Waals surface area contributed by atoms with E-state index in [2.05, 4.69) is 17.1 Å². The van der Waals surface area contributed by atoms with Crippen molar-refractivity contribution < 1.29 is 13.7 Å². The number of halogens is 1. The van der Waals surface area contributed by atoms with Crippen LogP contribution in [0.4, 0.5) is 4.39 Å². The minimum absolute atomic E-state index is 0.0145. The first-order chi connectivity index (χ1) is 13.1. The van der Waals surface area contributed by atoms with Gasteiger partial charge in [-0.25, -0.2) is 4.39 Å². The molecule has 1 aromatic heterocycles. The molecule has 138 valence electrons. The van der Waals surface area contributed by atoms with Crippen molar-refractivity contribution in [2.45, 2.75) is 32.2 Å². The van der Waals surface area contributed by atoms with Gasteiger partial charge in [-0.2, -0.15) is 4.98 Å². The lowest BCUT2D eigenvalue weighted by Gasteiger charge is -2.33. The molecule has 0 radical (unpaired) electrons. The molecule has 0 bridgehead atoms. The maximum atomic E-state index is 13.1. The summed E-state index contributed by atoms with van der Waals surface area (Å²) in [6.07, 6.45) is 3.19. The molecular formula is C21H20FN3O2. The van der Waals surface area contributed by atoms with E-state index in [9.17, 15) is 9.18 Å². The number of piperidine rings is 1. The Morgan fingerprint density at radius 1 is 1.15 bits per heavy atom. The first kappa shape index (κ1) is 17.4. The summed E-state index contributed by atoms with van der Waals surface area (Å²) >= 11 is 0. The van der Waals surface area contributed by atoms with Crippen LogP contribution in [-0.4, -0.2) is 33.5 Å². The zero-order chi connectivity index (χ0) is 18.8.